The summed E-state index contributed by atoms with van der Waals surface area (Å²) in [7, 11) is 0. The van der Waals surface area contributed by atoms with E-state index < -0.39 is 0 Å². The minimum absolute atomic E-state index is 0.0714. The molecule has 0 saturated heterocycles. The van der Waals surface area contributed by atoms with E-state index in [1.165, 1.54) is 4.79 Å². The maximum Gasteiger partial charge on any atom is 0.338 e. The number of nitrogens with zero attached hydrogens (tertiary/aromatic N) is 2. The van der Waals surface area contributed by atoms with Gasteiger partial charge in [0.05, 0.1) is 11.3 Å². The van der Waals surface area contributed by atoms with Gasteiger partial charge in [-0.25, -0.2) is 0 Å². The standard InChI is InChI=1S/C16H14N4O2/c17-16-14(15(21)13-9-5-2-6-10-13)20(19-22-16)18-11-12-7-3-1-4-8-12/h1-10H,11H2,(H2-,17,18,19,21). The third kappa shape index (κ3) is 2.80. The number of aromatic nitrogens is 2. The molecule has 2 N–H and O–H groups in total. The largest absolute Gasteiger partial charge is 0.659 e. The summed E-state index contributed by atoms with van der Waals surface area (Å²) in [6, 6.07) is 18.4. The smallest absolute Gasteiger partial charge is 0.338 e. The molecule has 3 rings (SSSR count). The van der Waals surface area contributed by atoms with Crippen molar-refractivity contribution >= 4 is 11.7 Å². The third-order valence-electron chi connectivity index (χ3n) is 3.17. The Balaban J connectivity index is 1.83. The van der Waals surface area contributed by atoms with E-state index in [1.807, 2.05) is 36.4 Å². The SMILES string of the molecule is [NH-]c1on[n+](NCc2ccccc2)c1C(=O)c1ccccc1. The van der Waals surface area contributed by atoms with Gasteiger partial charge >= 0.3 is 5.69 Å². The van der Waals surface area contributed by atoms with Crippen molar-refractivity contribution in [2.45, 2.75) is 6.54 Å². The van der Waals surface area contributed by atoms with Crippen LogP contribution in [0.25, 0.3) is 5.73 Å². The Hall–Kier alpha value is -3.15. The average molecular weight is 294 g/mol. The van der Waals surface area contributed by atoms with Gasteiger partial charge in [-0.2, -0.15) is 5.43 Å². The fourth-order valence-corrected chi connectivity index (χ4v) is 2.06. The Kier molecular flexibility index (Phi) is 3.82. The van der Waals surface area contributed by atoms with Crippen LogP contribution in [-0.2, 0) is 6.54 Å². The van der Waals surface area contributed by atoms with Crippen LogP contribution in [0.5, 0.6) is 0 Å². The second-order valence-electron chi connectivity index (χ2n) is 4.68. The monoisotopic (exact) mass is 294 g/mol. The zero-order chi connectivity index (χ0) is 15.4. The summed E-state index contributed by atoms with van der Waals surface area (Å²) in [5.74, 6) is -0.582. The van der Waals surface area contributed by atoms with Crippen molar-refractivity contribution in [1.82, 2.24) is 5.27 Å². The molecule has 0 unspecified atom stereocenters. The predicted octanol–water partition coefficient (Wildman–Crippen LogP) is 2.62. The zero-order valence-electron chi connectivity index (χ0n) is 11.7. The van der Waals surface area contributed by atoms with E-state index in [0.29, 0.717) is 12.1 Å². The Morgan fingerprint density at radius 1 is 1.09 bits per heavy atom. The molecule has 0 atom stereocenters. The fraction of sp³-hybridized carbons (Fsp3) is 0.0625. The van der Waals surface area contributed by atoms with E-state index in [9.17, 15) is 4.79 Å². The number of hydrogen-bond donors (Lipinski definition) is 1. The lowest BCUT2D eigenvalue weighted by atomic mass is 10.1. The van der Waals surface area contributed by atoms with Crippen molar-refractivity contribution in [2.24, 2.45) is 0 Å². The first-order valence-electron chi connectivity index (χ1n) is 6.77. The van der Waals surface area contributed by atoms with E-state index in [1.54, 1.807) is 24.3 Å². The van der Waals surface area contributed by atoms with Gasteiger partial charge in [-0.3, -0.25) is 4.79 Å². The highest BCUT2D eigenvalue weighted by molar-refractivity contribution is 6.09. The molecule has 2 aromatic carbocycles. The number of rotatable bonds is 5. The summed E-state index contributed by atoms with van der Waals surface area (Å²) in [4.78, 5) is 13.7. The molecule has 0 fully saturated rings. The molecular formula is C16H14N4O2. The second kappa shape index (κ2) is 6.09. The molecule has 0 radical (unpaired) electrons. The van der Waals surface area contributed by atoms with E-state index in [0.717, 1.165) is 5.56 Å². The Labute approximate surface area is 127 Å². The van der Waals surface area contributed by atoms with Crippen LogP contribution >= 0.6 is 0 Å². The van der Waals surface area contributed by atoms with Gasteiger partial charge in [-0.05, 0) is 5.56 Å². The number of hydrogen-bond acceptors (Lipinski definition) is 4. The summed E-state index contributed by atoms with van der Waals surface area (Å²) in [5.41, 5.74) is 12.3. The number of carbonyl (C=O) groups is 1. The lowest BCUT2D eigenvalue weighted by Gasteiger charge is -2.00. The molecule has 0 amide bonds. The van der Waals surface area contributed by atoms with Crippen LogP contribution in [0.1, 0.15) is 21.6 Å². The van der Waals surface area contributed by atoms with E-state index in [4.69, 9.17) is 10.3 Å². The third-order valence-corrected chi connectivity index (χ3v) is 3.17. The van der Waals surface area contributed by atoms with Gasteiger partial charge in [0.2, 0.25) is 5.27 Å². The fourth-order valence-electron chi connectivity index (χ4n) is 2.06. The van der Waals surface area contributed by atoms with E-state index >= 15 is 0 Å². The maximum atomic E-state index is 12.5. The van der Waals surface area contributed by atoms with Crippen molar-refractivity contribution in [3.8, 4) is 0 Å². The summed E-state index contributed by atoms with van der Waals surface area (Å²) in [5, 5.41) is 3.70. The van der Waals surface area contributed by atoms with Crippen LogP contribution < -0.4 is 10.2 Å². The van der Waals surface area contributed by atoms with Gasteiger partial charge < -0.3 is 10.3 Å². The summed E-state index contributed by atoms with van der Waals surface area (Å²) < 4.78 is 4.82. The molecule has 3 aromatic rings. The van der Waals surface area contributed by atoms with Crippen molar-refractivity contribution in [1.29, 1.82) is 0 Å². The van der Waals surface area contributed by atoms with Crippen LogP contribution in [-0.4, -0.2) is 11.1 Å². The van der Waals surface area contributed by atoms with Gasteiger partial charge in [-0.15, -0.1) is 0 Å². The molecule has 1 aromatic heterocycles. The first-order chi connectivity index (χ1) is 10.8. The van der Waals surface area contributed by atoms with Crippen molar-refractivity contribution in [2.75, 3.05) is 5.43 Å². The van der Waals surface area contributed by atoms with Crippen LogP contribution in [0, 0.1) is 0 Å². The highest BCUT2D eigenvalue weighted by Gasteiger charge is 2.28. The maximum absolute atomic E-state index is 12.5. The summed E-state index contributed by atoms with van der Waals surface area (Å²) in [6.45, 7) is 0.465. The Bertz CT molecular complexity index is 769. The quantitative estimate of drug-likeness (QED) is 0.579. The summed E-state index contributed by atoms with van der Waals surface area (Å²) >= 11 is 0. The van der Waals surface area contributed by atoms with E-state index in [2.05, 4.69) is 10.7 Å². The van der Waals surface area contributed by atoms with Gasteiger partial charge in [-0.1, -0.05) is 60.7 Å². The van der Waals surface area contributed by atoms with Crippen molar-refractivity contribution in [3.05, 3.63) is 83.2 Å². The molecule has 0 aliphatic heterocycles. The van der Waals surface area contributed by atoms with Gasteiger partial charge in [0.1, 0.15) is 5.88 Å². The van der Waals surface area contributed by atoms with Crippen molar-refractivity contribution < 1.29 is 14.1 Å². The van der Waals surface area contributed by atoms with Crippen LogP contribution in [0.4, 0.5) is 5.88 Å². The van der Waals surface area contributed by atoms with Crippen LogP contribution in [0.3, 0.4) is 0 Å². The molecule has 0 aliphatic rings. The molecule has 0 aliphatic carbocycles. The lowest BCUT2D eigenvalue weighted by molar-refractivity contribution is -0.722. The first kappa shape index (κ1) is 13.8. The van der Waals surface area contributed by atoms with Crippen LogP contribution in [0.15, 0.2) is 65.2 Å². The Morgan fingerprint density at radius 3 is 2.41 bits per heavy atom. The highest BCUT2D eigenvalue weighted by Crippen LogP contribution is 2.16. The van der Waals surface area contributed by atoms with E-state index in [-0.39, 0.29) is 17.4 Å². The molecule has 6 nitrogen and oxygen atoms in total. The Morgan fingerprint density at radius 2 is 1.73 bits per heavy atom. The van der Waals surface area contributed by atoms with Gasteiger partial charge in [0.25, 0.3) is 5.78 Å². The van der Waals surface area contributed by atoms with Gasteiger partial charge in [0, 0.05) is 5.56 Å². The molecule has 0 bridgehead atoms. The first-order valence-corrected chi connectivity index (χ1v) is 6.77. The number of benzene rings is 2. The normalized spacial score (nSPS) is 10.4. The number of ketones is 1. The molecule has 6 heteroatoms. The molecular weight excluding hydrogens is 280 g/mol. The molecule has 110 valence electrons. The highest BCUT2D eigenvalue weighted by atomic mass is 16.5. The lowest BCUT2D eigenvalue weighted by Crippen LogP contribution is -2.50. The van der Waals surface area contributed by atoms with Crippen molar-refractivity contribution in [3.63, 3.8) is 0 Å². The number of carbonyl (C=O) groups excluding carboxylic acids is 1. The number of nitrogens with one attached hydrogen (secondary N) is 2. The van der Waals surface area contributed by atoms with Gasteiger partial charge in [0.15, 0.2) is 0 Å². The molecule has 22 heavy (non-hydrogen) atoms. The second-order valence-corrected chi connectivity index (χ2v) is 4.68. The molecule has 0 saturated carbocycles. The topological polar surface area (TPSA) is 82.8 Å². The molecule has 0 spiro atoms. The summed E-state index contributed by atoms with van der Waals surface area (Å²) in [6.07, 6.45) is 0. The zero-order valence-corrected chi connectivity index (χ0v) is 11.7. The van der Waals surface area contributed by atoms with Crippen LogP contribution in [0.2, 0.25) is 0 Å². The minimum Gasteiger partial charge on any atom is -0.659 e. The average Bonchev–Trinajstić information content (AvgIpc) is 2.95. The minimum atomic E-state index is -0.313. The molecule has 1 heterocycles. The predicted molar refractivity (Wildman–Crippen MR) is 80.1 cm³/mol.